The summed E-state index contributed by atoms with van der Waals surface area (Å²) in [5.41, 5.74) is -2.17. The number of pyridine rings is 2. The maximum atomic E-state index is 12.8. The molecule has 14 heteroatoms. The van der Waals surface area contributed by atoms with Gasteiger partial charge in [0.1, 0.15) is 11.5 Å². The van der Waals surface area contributed by atoms with Gasteiger partial charge in [0, 0.05) is 38.6 Å². The van der Waals surface area contributed by atoms with Crippen molar-refractivity contribution in [1.29, 1.82) is 0 Å². The molecule has 0 atom stereocenters. The summed E-state index contributed by atoms with van der Waals surface area (Å²) in [6.07, 6.45) is -7.95. The van der Waals surface area contributed by atoms with Crippen LogP contribution in [0.1, 0.15) is 16.8 Å². The Labute approximate surface area is 181 Å². The third-order valence-corrected chi connectivity index (χ3v) is 5.07. The summed E-state index contributed by atoms with van der Waals surface area (Å²) >= 11 is 11.9. The molecule has 3 rings (SSSR count). The van der Waals surface area contributed by atoms with Crippen molar-refractivity contribution in [3.05, 3.63) is 51.4 Å². The average molecular weight is 488 g/mol. The van der Waals surface area contributed by atoms with E-state index >= 15 is 0 Å². The van der Waals surface area contributed by atoms with E-state index in [2.05, 4.69) is 15.1 Å². The highest BCUT2D eigenvalue weighted by Crippen LogP contribution is 2.34. The van der Waals surface area contributed by atoms with Gasteiger partial charge >= 0.3 is 12.4 Å². The second kappa shape index (κ2) is 8.58. The molecule has 3 heterocycles. The predicted octanol–water partition coefficient (Wildman–Crippen LogP) is 4.78. The van der Waals surface area contributed by atoms with Gasteiger partial charge in [-0.05, 0) is 12.1 Å². The fourth-order valence-electron chi connectivity index (χ4n) is 2.97. The molecule has 0 spiro atoms. The van der Waals surface area contributed by atoms with Crippen LogP contribution in [0, 0.1) is 0 Å². The predicted molar refractivity (Wildman–Crippen MR) is 101 cm³/mol. The Morgan fingerprint density at radius 2 is 1.39 bits per heavy atom. The minimum Gasteiger partial charge on any atom is -0.409 e. The van der Waals surface area contributed by atoms with Gasteiger partial charge in [-0.15, -0.1) is 0 Å². The average Bonchev–Trinajstić information content (AvgIpc) is 2.69. The molecule has 0 radical (unpaired) electrons. The molecular weight excluding hydrogens is 475 g/mol. The number of rotatable bonds is 2. The molecule has 1 aliphatic heterocycles. The summed E-state index contributed by atoms with van der Waals surface area (Å²) in [5.74, 6) is 0.0207. The summed E-state index contributed by atoms with van der Waals surface area (Å²) in [7, 11) is 0. The van der Waals surface area contributed by atoms with Gasteiger partial charge in [-0.25, -0.2) is 4.98 Å². The van der Waals surface area contributed by atoms with Gasteiger partial charge in [0.25, 0.3) is 0 Å². The van der Waals surface area contributed by atoms with E-state index in [-0.39, 0.29) is 53.6 Å². The highest BCUT2D eigenvalue weighted by atomic mass is 35.5. The standard InChI is InChI=1S/C17H13Cl2F6N5O/c18-11-5-9(16(20,21)22)7-26-13(11)15(28-31)30-3-1-29(2-4-30)14-12(19)6-10(8-27-14)17(23,24)25/h5-8,31H,1-4H2/b28-15-. The van der Waals surface area contributed by atoms with Crippen LogP contribution in [-0.4, -0.2) is 52.1 Å². The van der Waals surface area contributed by atoms with Crippen LogP contribution in [0.2, 0.25) is 10.0 Å². The topological polar surface area (TPSA) is 64.9 Å². The quantitative estimate of drug-likeness (QED) is 0.217. The Bertz CT molecular complexity index is 990. The molecular formula is C17H13Cl2F6N5O. The lowest BCUT2D eigenvalue weighted by Crippen LogP contribution is -2.49. The normalized spacial score (nSPS) is 16.1. The molecule has 1 fully saturated rings. The second-order valence-corrected chi connectivity index (χ2v) is 7.29. The number of alkyl halides is 6. The first-order chi connectivity index (χ1) is 14.4. The number of nitrogens with zero attached hydrogens (tertiary/aromatic N) is 5. The van der Waals surface area contributed by atoms with Gasteiger partial charge in [-0.1, -0.05) is 28.4 Å². The number of amidine groups is 1. The molecule has 168 valence electrons. The Kier molecular flexibility index (Phi) is 6.42. The van der Waals surface area contributed by atoms with Crippen LogP contribution >= 0.6 is 23.2 Å². The van der Waals surface area contributed by atoms with Crippen molar-refractivity contribution in [2.24, 2.45) is 5.16 Å². The largest absolute Gasteiger partial charge is 0.417 e. The lowest BCUT2D eigenvalue weighted by atomic mass is 10.2. The zero-order chi connectivity index (χ0) is 23.0. The summed E-state index contributed by atoms with van der Waals surface area (Å²) in [4.78, 5) is 10.6. The van der Waals surface area contributed by atoms with E-state index in [1.807, 2.05) is 0 Å². The first-order valence-electron chi connectivity index (χ1n) is 8.59. The summed E-state index contributed by atoms with van der Waals surface area (Å²) in [6.45, 7) is 0.847. The van der Waals surface area contributed by atoms with Crippen molar-refractivity contribution in [3.63, 3.8) is 0 Å². The molecule has 2 aromatic rings. The third-order valence-electron chi connectivity index (χ3n) is 4.50. The summed E-state index contributed by atoms with van der Waals surface area (Å²) in [5, 5.41) is 12.0. The maximum Gasteiger partial charge on any atom is 0.417 e. The Morgan fingerprint density at radius 3 is 1.84 bits per heavy atom. The van der Waals surface area contributed by atoms with E-state index in [0.717, 1.165) is 6.07 Å². The number of halogens is 8. The van der Waals surface area contributed by atoms with E-state index in [4.69, 9.17) is 23.2 Å². The molecule has 0 aliphatic carbocycles. The van der Waals surface area contributed by atoms with Crippen LogP contribution in [0.3, 0.4) is 0 Å². The fourth-order valence-corrected chi connectivity index (χ4v) is 3.50. The minimum absolute atomic E-state index is 0.134. The highest BCUT2D eigenvalue weighted by Gasteiger charge is 2.34. The van der Waals surface area contributed by atoms with Gasteiger partial charge in [-0.3, -0.25) is 4.98 Å². The summed E-state index contributed by atoms with van der Waals surface area (Å²) < 4.78 is 76.7. The van der Waals surface area contributed by atoms with Crippen LogP contribution in [-0.2, 0) is 12.4 Å². The molecule has 31 heavy (non-hydrogen) atoms. The number of aromatic nitrogens is 2. The van der Waals surface area contributed by atoms with E-state index in [0.29, 0.717) is 18.5 Å². The molecule has 0 amide bonds. The van der Waals surface area contributed by atoms with Crippen LogP contribution in [0.4, 0.5) is 32.2 Å². The molecule has 1 aliphatic rings. The van der Waals surface area contributed by atoms with Gasteiger partial charge in [0.15, 0.2) is 5.84 Å². The maximum absolute atomic E-state index is 12.8. The van der Waals surface area contributed by atoms with Crippen LogP contribution in [0.25, 0.3) is 0 Å². The van der Waals surface area contributed by atoms with Crippen molar-refractivity contribution in [2.75, 3.05) is 31.1 Å². The lowest BCUT2D eigenvalue weighted by Gasteiger charge is -2.36. The molecule has 0 bridgehead atoms. The minimum atomic E-state index is -4.63. The van der Waals surface area contributed by atoms with Crippen LogP contribution in [0.5, 0.6) is 0 Å². The highest BCUT2D eigenvalue weighted by molar-refractivity contribution is 6.34. The van der Waals surface area contributed by atoms with Crippen molar-refractivity contribution in [3.8, 4) is 0 Å². The van der Waals surface area contributed by atoms with Crippen LogP contribution in [0.15, 0.2) is 29.7 Å². The van der Waals surface area contributed by atoms with Crippen LogP contribution < -0.4 is 4.90 Å². The molecule has 1 saturated heterocycles. The van der Waals surface area contributed by atoms with Crippen molar-refractivity contribution in [1.82, 2.24) is 14.9 Å². The van der Waals surface area contributed by atoms with E-state index in [1.54, 1.807) is 4.90 Å². The van der Waals surface area contributed by atoms with Crippen molar-refractivity contribution in [2.45, 2.75) is 12.4 Å². The number of hydrogen-bond acceptors (Lipinski definition) is 5. The van der Waals surface area contributed by atoms with Gasteiger partial charge < -0.3 is 15.0 Å². The fraction of sp³-hybridized carbons (Fsp3) is 0.353. The number of piperazine rings is 1. The van der Waals surface area contributed by atoms with E-state index in [1.165, 1.54) is 4.90 Å². The number of anilines is 1. The zero-order valence-electron chi connectivity index (χ0n) is 15.3. The first kappa shape index (κ1) is 23.2. The second-order valence-electron chi connectivity index (χ2n) is 6.48. The summed E-state index contributed by atoms with van der Waals surface area (Å²) in [6, 6.07) is 1.46. The SMILES string of the molecule is O/N=C(/c1ncc(C(F)(F)F)cc1Cl)N1CCN(c2ncc(C(F)(F)F)cc2Cl)CC1. The van der Waals surface area contributed by atoms with E-state index < -0.39 is 23.5 Å². The number of oxime groups is 1. The molecule has 0 aromatic carbocycles. The monoisotopic (exact) mass is 487 g/mol. The Morgan fingerprint density at radius 1 is 0.871 bits per heavy atom. The lowest BCUT2D eigenvalue weighted by molar-refractivity contribution is -0.138. The van der Waals surface area contributed by atoms with Gasteiger partial charge in [0.05, 0.1) is 21.2 Å². The molecule has 0 saturated carbocycles. The first-order valence-corrected chi connectivity index (χ1v) is 9.35. The molecule has 2 aromatic heterocycles. The zero-order valence-corrected chi connectivity index (χ0v) is 16.9. The smallest absolute Gasteiger partial charge is 0.409 e. The van der Waals surface area contributed by atoms with Gasteiger partial charge in [-0.2, -0.15) is 26.3 Å². The molecule has 6 nitrogen and oxygen atoms in total. The van der Waals surface area contributed by atoms with Gasteiger partial charge in [0.2, 0.25) is 0 Å². The number of hydrogen-bond donors (Lipinski definition) is 1. The Balaban J connectivity index is 1.74. The molecule has 0 unspecified atom stereocenters. The Hall–Kier alpha value is -2.47. The van der Waals surface area contributed by atoms with E-state index in [9.17, 15) is 31.5 Å². The van der Waals surface area contributed by atoms with Crippen molar-refractivity contribution < 1.29 is 31.5 Å². The third kappa shape index (κ3) is 5.06. The van der Waals surface area contributed by atoms with Crippen molar-refractivity contribution >= 4 is 34.9 Å². The molecule has 1 N–H and O–H groups in total.